The summed E-state index contributed by atoms with van der Waals surface area (Å²) in [5.41, 5.74) is 1.04. The molecule has 0 saturated carbocycles. The van der Waals surface area contributed by atoms with Crippen LogP contribution in [0, 0.1) is 5.82 Å². The molecule has 0 bridgehead atoms. The summed E-state index contributed by atoms with van der Waals surface area (Å²) in [5, 5.41) is 2.94. The molecule has 0 fully saturated rings. The van der Waals surface area contributed by atoms with Gasteiger partial charge in [-0.05, 0) is 49.0 Å². The molecule has 1 aromatic heterocycles. The van der Waals surface area contributed by atoms with Crippen molar-refractivity contribution in [3.8, 4) is 11.3 Å². The van der Waals surface area contributed by atoms with Crippen LogP contribution in [-0.4, -0.2) is 33.6 Å². The minimum Gasteiger partial charge on any atom is -0.316 e. The number of sulfonamides is 1. The predicted molar refractivity (Wildman–Crippen MR) is 126 cm³/mol. The molecule has 0 unspecified atom stereocenters. The van der Waals surface area contributed by atoms with E-state index >= 15 is 0 Å². The van der Waals surface area contributed by atoms with Gasteiger partial charge in [-0.1, -0.05) is 24.3 Å². The summed E-state index contributed by atoms with van der Waals surface area (Å²) in [6.07, 6.45) is 2.65. The van der Waals surface area contributed by atoms with E-state index in [9.17, 15) is 21.2 Å². The molecular weight excluding hydrogens is 477 g/mol. The molecule has 3 rings (SSSR count). The van der Waals surface area contributed by atoms with Gasteiger partial charge in [-0.15, -0.1) is 19.0 Å². The highest BCUT2D eigenvalue weighted by Gasteiger charge is 2.24. The van der Waals surface area contributed by atoms with Gasteiger partial charge in [0.05, 0.1) is 16.3 Å². The highest BCUT2D eigenvalue weighted by molar-refractivity contribution is 7.92. The predicted octanol–water partition coefficient (Wildman–Crippen LogP) is 3.60. The number of hydrogen-bond donors (Lipinski definition) is 2. The number of nitrogens with one attached hydrogen (secondary N) is 2. The van der Waals surface area contributed by atoms with E-state index in [1.165, 1.54) is 54.7 Å². The molecule has 0 atom stereocenters. The summed E-state index contributed by atoms with van der Waals surface area (Å²) in [7, 11) is -6.14. The maximum atomic E-state index is 14.5. The third-order valence-corrected chi connectivity index (χ3v) is 7.27. The summed E-state index contributed by atoms with van der Waals surface area (Å²) in [5.74, 6) is -0.870. The first kappa shape index (κ1) is 25.6. The Balaban J connectivity index is 0.00000363. The average Bonchev–Trinajstić information content (AvgIpc) is 3.13. The SMILES string of the molecule is C=CCS(=O)(=O)Nc1cccc(S(=O)(=O)n2cc(CNC)cc2-c2ccccc2F)c1.Cl. The maximum absolute atomic E-state index is 14.5. The van der Waals surface area contributed by atoms with Crippen LogP contribution in [0.4, 0.5) is 10.1 Å². The van der Waals surface area contributed by atoms with Gasteiger partial charge < -0.3 is 5.32 Å². The van der Waals surface area contributed by atoms with Gasteiger partial charge in [0.1, 0.15) is 5.82 Å². The molecule has 11 heteroatoms. The van der Waals surface area contributed by atoms with E-state index in [1.807, 2.05) is 0 Å². The molecule has 7 nitrogen and oxygen atoms in total. The number of benzene rings is 2. The average molecular weight is 500 g/mol. The molecule has 0 amide bonds. The molecule has 2 aromatic carbocycles. The Morgan fingerprint density at radius 2 is 1.78 bits per heavy atom. The fourth-order valence-electron chi connectivity index (χ4n) is 3.07. The van der Waals surface area contributed by atoms with Gasteiger partial charge in [-0.2, -0.15) is 0 Å². The smallest absolute Gasteiger partial charge is 0.268 e. The van der Waals surface area contributed by atoms with Crippen LogP contribution < -0.4 is 10.0 Å². The van der Waals surface area contributed by atoms with Crippen LogP contribution in [0.2, 0.25) is 0 Å². The van der Waals surface area contributed by atoms with E-state index in [4.69, 9.17) is 0 Å². The van der Waals surface area contributed by atoms with Gasteiger partial charge in [0, 0.05) is 24.0 Å². The highest BCUT2D eigenvalue weighted by Crippen LogP contribution is 2.30. The Bertz CT molecular complexity index is 1320. The van der Waals surface area contributed by atoms with E-state index in [2.05, 4.69) is 16.6 Å². The molecule has 0 spiro atoms. The fraction of sp³-hybridized carbons (Fsp3) is 0.143. The zero-order valence-corrected chi connectivity index (χ0v) is 19.6. The van der Waals surface area contributed by atoms with Crippen molar-refractivity contribution in [1.82, 2.24) is 9.29 Å². The molecule has 3 aromatic rings. The number of hydrogen-bond acceptors (Lipinski definition) is 5. The van der Waals surface area contributed by atoms with Crippen LogP contribution in [0.3, 0.4) is 0 Å². The molecule has 2 N–H and O–H groups in total. The zero-order valence-electron chi connectivity index (χ0n) is 17.2. The van der Waals surface area contributed by atoms with Gasteiger partial charge in [0.15, 0.2) is 0 Å². The monoisotopic (exact) mass is 499 g/mol. The lowest BCUT2D eigenvalue weighted by Crippen LogP contribution is -2.17. The van der Waals surface area contributed by atoms with Crippen molar-refractivity contribution in [3.05, 3.63) is 84.8 Å². The van der Waals surface area contributed by atoms with Gasteiger partial charge in [-0.25, -0.2) is 25.2 Å². The second kappa shape index (κ2) is 10.3. The van der Waals surface area contributed by atoms with Crippen LogP contribution >= 0.6 is 12.4 Å². The largest absolute Gasteiger partial charge is 0.316 e. The lowest BCUT2D eigenvalue weighted by Gasteiger charge is -2.13. The first-order chi connectivity index (χ1) is 14.7. The second-order valence-corrected chi connectivity index (χ2v) is 10.3. The van der Waals surface area contributed by atoms with Gasteiger partial charge in [0.2, 0.25) is 10.0 Å². The minimum atomic E-state index is -4.16. The van der Waals surface area contributed by atoms with Gasteiger partial charge in [-0.3, -0.25) is 4.72 Å². The second-order valence-electron chi connectivity index (χ2n) is 6.74. The maximum Gasteiger partial charge on any atom is 0.268 e. The summed E-state index contributed by atoms with van der Waals surface area (Å²) >= 11 is 0. The Morgan fingerprint density at radius 3 is 2.44 bits per heavy atom. The molecule has 0 radical (unpaired) electrons. The zero-order chi connectivity index (χ0) is 22.6. The van der Waals surface area contributed by atoms with E-state index in [-0.39, 0.29) is 40.0 Å². The van der Waals surface area contributed by atoms with Crippen molar-refractivity contribution in [2.45, 2.75) is 11.4 Å². The van der Waals surface area contributed by atoms with Crippen LogP contribution in [-0.2, 0) is 26.6 Å². The molecule has 0 aliphatic carbocycles. The summed E-state index contributed by atoms with van der Waals surface area (Å²) in [6.45, 7) is 3.77. The van der Waals surface area contributed by atoms with Crippen LogP contribution in [0.5, 0.6) is 0 Å². The van der Waals surface area contributed by atoms with Crippen molar-refractivity contribution in [1.29, 1.82) is 0 Å². The van der Waals surface area contributed by atoms with Crippen molar-refractivity contribution in [3.63, 3.8) is 0 Å². The number of anilines is 1. The molecule has 32 heavy (non-hydrogen) atoms. The topological polar surface area (TPSA) is 97.3 Å². The van der Waals surface area contributed by atoms with Gasteiger partial charge >= 0.3 is 0 Å². The molecule has 0 saturated heterocycles. The van der Waals surface area contributed by atoms with E-state index in [1.54, 1.807) is 19.2 Å². The molecule has 1 heterocycles. The lowest BCUT2D eigenvalue weighted by atomic mass is 10.1. The fourth-order valence-corrected chi connectivity index (χ4v) is 5.39. The van der Waals surface area contributed by atoms with Crippen LogP contribution in [0.25, 0.3) is 11.3 Å². The van der Waals surface area contributed by atoms with E-state index in [0.717, 1.165) is 3.97 Å². The molecule has 172 valence electrons. The Morgan fingerprint density at radius 1 is 1.06 bits per heavy atom. The molecule has 0 aliphatic heterocycles. The van der Waals surface area contributed by atoms with E-state index in [0.29, 0.717) is 12.1 Å². The molecule has 0 aliphatic rings. The van der Waals surface area contributed by atoms with Crippen LogP contribution in [0.15, 0.2) is 78.3 Å². The van der Waals surface area contributed by atoms with Crippen molar-refractivity contribution < 1.29 is 21.2 Å². The van der Waals surface area contributed by atoms with Crippen LogP contribution in [0.1, 0.15) is 5.56 Å². The summed E-state index contributed by atoms with van der Waals surface area (Å²) < 4.78 is 68.6. The Labute approximate surface area is 193 Å². The molecular formula is C21H23ClFN3O4S2. The highest BCUT2D eigenvalue weighted by atomic mass is 35.5. The number of rotatable bonds is 9. The minimum absolute atomic E-state index is 0. The lowest BCUT2D eigenvalue weighted by molar-refractivity contribution is 0.587. The van der Waals surface area contributed by atoms with Gasteiger partial charge in [0.25, 0.3) is 10.0 Å². The van der Waals surface area contributed by atoms with Crippen molar-refractivity contribution >= 4 is 38.1 Å². The standard InChI is InChI=1S/C21H22FN3O4S2.ClH/c1-3-11-30(26,27)24-17-7-6-8-18(13-17)31(28,29)25-15-16(14-23-2)12-21(25)19-9-4-5-10-20(19)22;/h3-10,12-13,15,23-24H,1,11,14H2,2H3;1H. The number of nitrogens with zero attached hydrogens (tertiary/aromatic N) is 1. The Kier molecular flexibility index (Phi) is 8.24. The van der Waals surface area contributed by atoms with Crippen molar-refractivity contribution in [2.75, 3.05) is 17.5 Å². The number of aromatic nitrogens is 1. The quantitative estimate of drug-likeness (QED) is 0.438. The third-order valence-electron chi connectivity index (χ3n) is 4.37. The van der Waals surface area contributed by atoms with E-state index < -0.39 is 25.9 Å². The summed E-state index contributed by atoms with van der Waals surface area (Å²) in [4.78, 5) is -0.143. The summed E-state index contributed by atoms with van der Waals surface area (Å²) in [6, 6.07) is 12.9. The first-order valence-corrected chi connectivity index (χ1v) is 12.3. The normalized spacial score (nSPS) is 11.6. The Hall–Kier alpha value is -2.66. The third kappa shape index (κ3) is 5.57. The van der Waals surface area contributed by atoms with Crippen molar-refractivity contribution in [2.24, 2.45) is 0 Å². The first-order valence-electron chi connectivity index (χ1n) is 9.26. The number of halogens is 2.